The molecule has 10 nitrogen and oxygen atoms in total. The third-order valence-corrected chi connectivity index (χ3v) is 5.16. The number of rotatable bonds is 6. The van der Waals surface area contributed by atoms with E-state index >= 15 is 0 Å². The molecular formula is C21H22N8O2Pt. The van der Waals surface area contributed by atoms with Crippen LogP contribution in [-0.4, -0.2) is 51.3 Å². The average molecular weight is 614 g/mol. The molecule has 0 unspecified atom stereocenters. The number of ether oxygens (including phenoxy) is 1. The number of aromatic nitrogens is 8. The van der Waals surface area contributed by atoms with Gasteiger partial charge in [-0.15, -0.1) is 0 Å². The molecule has 0 bridgehead atoms. The van der Waals surface area contributed by atoms with Crippen molar-refractivity contribution in [1.29, 1.82) is 0 Å². The molecule has 168 valence electrons. The molecule has 0 amide bonds. The minimum absolute atomic E-state index is 0. The predicted molar refractivity (Wildman–Crippen MR) is 110 cm³/mol. The van der Waals surface area contributed by atoms with E-state index in [-0.39, 0.29) is 27.7 Å². The van der Waals surface area contributed by atoms with Gasteiger partial charge in [-0.25, -0.2) is 0 Å². The van der Waals surface area contributed by atoms with Gasteiger partial charge >= 0.3 is 21.1 Å². The fourth-order valence-corrected chi connectivity index (χ4v) is 3.22. The molecule has 0 aliphatic carbocycles. The first kappa shape index (κ1) is 23.7. The first-order valence-corrected chi connectivity index (χ1v) is 9.60. The molecule has 4 rings (SSSR count). The second kappa shape index (κ2) is 9.26. The summed E-state index contributed by atoms with van der Waals surface area (Å²) >= 11 is 0. The summed E-state index contributed by atoms with van der Waals surface area (Å²) in [5, 5.41) is 9.67. The van der Waals surface area contributed by atoms with Gasteiger partial charge in [-0.3, -0.25) is 19.9 Å². The van der Waals surface area contributed by atoms with Gasteiger partial charge in [-0.2, -0.15) is 0 Å². The van der Waals surface area contributed by atoms with Gasteiger partial charge in [-0.05, 0) is 19.5 Å². The standard InChI is InChI=1S/C21H22N8O2.Pt/c1-13-15(10-30)28(11-24-13)18-8-22-6-16(26-18)21(3,4)17-7-23-9-19(27-17)29-12-25-14(2)20(29)31-5;/h6-9,30H,10H2,1-5H3;/q-2;+2. The molecule has 32 heavy (non-hydrogen) atoms. The normalized spacial score (nSPS) is 11.3. The van der Waals surface area contributed by atoms with Crippen LogP contribution in [0.3, 0.4) is 0 Å². The van der Waals surface area contributed by atoms with Crippen molar-refractivity contribution in [3.63, 3.8) is 0 Å². The van der Waals surface area contributed by atoms with Crippen LogP contribution in [0, 0.1) is 26.5 Å². The minimum Gasteiger partial charge on any atom is -0.531 e. The summed E-state index contributed by atoms with van der Waals surface area (Å²) in [6.45, 7) is 7.45. The number of aliphatic hydroxyl groups excluding tert-OH is 1. The summed E-state index contributed by atoms with van der Waals surface area (Å²) in [7, 11) is 1.58. The summed E-state index contributed by atoms with van der Waals surface area (Å²) in [5.41, 5.74) is 2.75. The van der Waals surface area contributed by atoms with Gasteiger partial charge in [0.05, 0.1) is 41.4 Å². The number of aliphatic hydroxyl groups is 1. The van der Waals surface area contributed by atoms with E-state index < -0.39 is 5.41 Å². The van der Waals surface area contributed by atoms with Crippen LogP contribution in [0.1, 0.15) is 42.3 Å². The Hall–Kier alpha value is -2.97. The van der Waals surface area contributed by atoms with Crippen molar-refractivity contribution in [2.75, 3.05) is 7.11 Å². The molecule has 1 N–H and O–H groups in total. The van der Waals surface area contributed by atoms with E-state index in [1.54, 1.807) is 41.0 Å². The van der Waals surface area contributed by atoms with Crippen molar-refractivity contribution >= 4 is 0 Å². The summed E-state index contributed by atoms with van der Waals surface area (Å²) in [6, 6.07) is 0. The van der Waals surface area contributed by atoms with E-state index in [0.717, 1.165) is 0 Å². The van der Waals surface area contributed by atoms with Crippen LogP contribution in [0.25, 0.3) is 11.6 Å². The molecule has 0 spiro atoms. The second-order valence-corrected chi connectivity index (χ2v) is 7.53. The SMILES string of the molecule is COc1c(C)n[c-]n1-c1cncc(C(C)(C)c2cncc(-n3[c-]nc(C)c3CO)n2)n1.[Pt+2]. The number of hydrogen-bond acceptors (Lipinski definition) is 8. The number of methoxy groups -OCH3 is 1. The van der Waals surface area contributed by atoms with E-state index in [1.165, 1.54) is 0 Å². The second-order valence-electron chi connectivity index (χ2n) is 7.53. The van der Waals surface area contributed by atoms with Gasteiger partial charge < -0.3 is 28.9 Å². The van der Waals surface area contributed by atoms with Gasteiger partial charge in [0.25, 0.3) is 0 Å². The molecule has 0 aliphatic heterocycles. The zero-order chi connectivity index (χ0) is 22.2. The minimum atomic E-state index is -0.621. The van der Waals surface area contributed by atoms with Crippen LogP contribution in [0.4, 0.5) is 0 Å². The zero-order valence-corrected chi connectivity index (χ0v) is 20.5. The number of aryl methyl sites for hydroxylation is 2. The average Bonchev–Trinajstić information content (AvgIpc) is 3.35. The molecule has 4 aromatic heterocycles. The largest absolute Gasteiger partial charge is 2.00 e. The fourth-order valence-electron chi connectivity index (χ4n) is 3.22. The predicted octanol–water partition coefficient (Wildman–Crippen LogP) is 1.68. The maximum absolute atomic E-state index is 9.67. The van der Waals surface area contributed by atoms with Gasteiger partial charge in [0.15, 0.2) is 0 Å². The monoisotopic (exact) mass is 613 g/mol. The number of nitrogens with zero attached hydrogens (tertiary/aromatic N) is 8. The molecule has 11 heteroatoms. The Morgan fingerprint density at radius 1 is 0.906 bits per heavy atom. The van der Waals surface area contributed by atoms with Crippen molar-refractivity contribution in [3.05, 3.63) is 65.9 Å². The van der Waals surface area contributed by atoms with E-state index in [1.807, 2.05) is 27.7 Å². The van der Waals surface area contributed by atoms with Crippen LogP contribution in [0.5, 0.6) is 5.88 Å². The van der Waals surface area contributed by atoms with Crippen molar-refractivity contribution in [1.82, 2.24) is 39.0 Å². The Morgan fingerprint density at radius 2 is 1.44 bits per heavy atom. The maximum Gasteiger partial charge on any atom is 2.00 e. The Balaban J connectivity index is 0.00000289. The molecule has 0 radical (unpaired) electrons. The van der Waals surface area contributed by atoms with Crippen LogP contribution < -0.4 is 4.74 Å². The molecule has 4 heterocycles. The van der Waals surface area contributed by atoms with Crippen LogP contribution in [0.2, 0.25) is 0 Å². The van der Waals surface area contributed by atoms with E-state index in [0.29, 0.717) is 46.0 Å². The quantitative estimate of drug-likeness (QED) is 0.327. The molecule has 0 atom stereocenters. The summed E-state index contributed by atoms with van der Waals surface area (Å²) in [6.07, 6.45) is 12.3. The Labute approximate surface area is 200 Å². The molecular weight excluding hydrogens is 591 g/mol. The third kappa shape index (κ3) is 4.08. The Bertz CT molecular complexity index is 1140. The molecule has 0 saturated heterocycles. The molecule has 4 aromatic rings. The molecule has 0 saturated carbocycles. The van der Waals surface area contributed by atoms with Crippen molar-refractivity contribution in [3.8, 4) is 17.5 Å². The van der Waals surface area contributed by atoms with Gasteiger partial charge in [-0.1, -0.05) is 25.2 Å². The third-order valence-electron chi connectivity index (χ3n) is 5.16. The summed E-state index contributed by atoms with van der Waals surface area (Å²) in [5.74, 6) is 1.60. The van der Waals surface area contributed by atoms with Crippen molar-refractivity contribution in [2.24, 2.45) is 0 Å². The first-order chi connectivity index (χ1) is 14.9. The zero-order valence-electron chi connectivity index (χ0n) is 18.3. The van der Waals surface area contributed by atoms with Gasteiger partial charge in [0, 0.05) is 44.0 Å². The number of imidazole rings is 2. The van der Waals surface area contributed by atoms with E-state index in [9.17, 15) is 5.11 Å². The van der Waals surface area contributed by atoms with Crippen molar-refractivity contribution in [2.45, 2.75) is 39.7 Å². The number of hydrogen-bond donors (Lipinski definition) is 1. The van der Waals surface area contributed by atoms with Crippen LogP contribution in [0.15, 0.2) is 24.8 Å². The Morgan fingerprint density at radius 3 is 2.00 bits per heavy atom. The van der Waals surface area contributed by atoms with Gasteiger partial charge in [0.2, 0.25) is 0 Å². The molecule has 0 aliphatic rings. The smallest absolute Gasteiger partial charge is 0.531 e. The van der Waals surface area contributed by atoms with Crippen LogP contribution >= 0.6 is 0 Å². The Kier molecular flexibility index (Phi) is 6.85. The van der Waals surface area contributed by atoms with E-state index in [4.69, 9.17) is 14.7 Å². The van der Waals surface area contributed by atoms with E-state index in [2.05, 4.69) is 32.6 Å². The van der Waals surface area contributed by atoms with Crippen molar-refractivity contribution < 1.29 is 30.9 Å². The summed E-state index contributed by atoms with van der Waals surface area (Å²) < 4.78 is 8.65. The van der Waals surface area contributed by atoms with Crippen LogP contribution in [-0.2, 0) is 33.1 Å². The van der Waals surface area contributed by atoms with Gasteiger partial charge in [0.1, 0.15) is 0 Å². The maximum atomic E-state index is 9.67. The topological polar surface area (TPSA) is 117 Å². The first-order valence-electron chi connectivity index (χ1n) is 9.60. The molecule has 0 fully saturated rings. The molecule has 0 aromatic carbocycles. The summed E-state index contributed by atoms with van der Waals surface area (Å²) in [4.78, 5) is 26.5. The fraction of sp³-hybridized carbons (Fsp3) is 0.333.